The molecule has 3 aromatic rings. The third-order valence-corrected chi connectivity index (χ3v) is 5.24. The zero-order valence-corrected chi connectivity index (χ0v) is 18.3. The van der Waals surface area contributed by atoms with Crippen molar-refractivity contribution in [3.8, 4) is 5.75 Å². The Morgan fingerprint density at radius 2 is 2.07 bits per heavy atom. The highest BCUT2D eigenvalue weighted by Gasteiger charge is 2.17. The van der Waals surface area contributed by atoms with Crippen LogP contribution in [0.4, 0.5) is 0 Å². The smallest absolute Gasteiger partial charge is 0.260 e. The lowest BCUT2D eigenvalue weighted by Crippen LogP contribution is -2.36. The van der Waals surface area contributed by atoms with Gasteiger partial charge in [-0.2, -0.15) is 0 Å². The number of halogens is 2. The average Bonchev–Trinajstić information content (AvgIpc) is 2.70. The lowest BCUT2D eigenvalue weighted by molar-refractivity contribution is -0.134. The lowest BCUT2D eigenvalue weighted by Gasteiger charge is -2.22. The fraction of sp³-hybridized carbons (Fsp3) is 0.286. The van der Waals surface area contributed by atoms with Gasteiger partial charge in [0.15, 0.2) is 6.61 Å². The van der Waals surface area contributed by atoms with Gasteiger partial charge >= 0.3 is 0 Å². The van der Waals surface area contributed by atoms with E-state index in [0.717, 1.165) is 12.8 Å². The second kappa shape index (κ2) is 9.89. The van der Waals surface area contributed by atoms with Gasteiger partial charge < -0.3 is 14.6 Å². The number of benzene rings is 2. The van der Waals surface area contributed by atoms with Gasteiger partial charge in [-0.05, 0) is 52.7 Å². The van der Waals surface area contributed by atoms with E-state index in [4.69, 9.17) is 16.3 Å². The molecule has 0 unspecified atom stereocenters. The van der Waals surface area contributed by atoms with E-state index >= 15 is 0 Å². The van der Waals surface area contributed by atoms with Crippen LogP contribution in [0.25, 0.3) is 10.9 Å². The topological polar surface area (TPSA) is 75.3 Å². The molecular formula is C21H21BrClN3O3. The standard InChI is InChI=1S/C21H21BrClN3O3/c1-2-3-10-26(20(27)13-29-18-9-8-14(23)11-16(18)22)12-19-24-17-7-5-4-6-15(17)21(28)25-19/h4-9,11H,2-3,10,12-13H2,1H3,(H,24,25,28). The number of aromatic nitrogens is 2. The fourth-order valence-corrected chi connectivity index (χ4v) is 3.65. The van der Waals surface area contributed by atoms with Gasteiger partial charge in [0, 0.05) is 11.6 Å². The van der Waals surface area contributed by atoms with E-state index in [0.29, 0.717) is 38.5 Å². The third-order valence-electron chi connectivity index (χ3n) is 4.38. The summed E-state index contributed by atoms with van der Waals surface area (Å²) in [6.45, 7) is 2.70. The lowest BCUT2D eigenvalue weighted by atomic mass is 10.2. The van der Waals surface area contributed by atoms with Crippen molar-refractivity contribution in [1.29, 1.82) is 0 Å². The van der Waals surface area contributed by atoms with E-state index in [1.165, 1.54) is 0 Å². The normalized spacial score (nSPS) is 10.9. The molecular weight excluding hydrogens is 458 g/mol. The maximum absolute atomic E-state index is 12.8. The summed E-state index contributed by atoms with van der Waals surface area (Å²) in [7, 11) is 0. The summed E-state index contributed by atoms with van der Waals surface area (Å²) in [5.74, 6) is 0.803. The monoisotopic (exact) mass is 477 g/mol. The summed E-state index contributed by atoms with van der Waals surface area (Å²) in [6, 6.07) is 12.2. The molecule has 0 atom stereocenters. The van der Waals surface area contributed by atoms with Crippen LogP contribution in [-0.2, 0) is 11.3 Å². The number of hydrogen-bond donors (Lipinski definition) is 1. The van der Waals surface area contributed by atoms with Crippen LogP contribution in [0.15, 0.2) is 51.7 Å². The molecule has 0 bridgehead atoms. The van der Waals surface area contributed by atoms with Gasteiger partial charge in [0.1, 0.15) is 11.6 Å². The largest absolute Gasteiger partial charge is 0.483 e. The molecule has 8 heteroatoms. The minimum Gasteiger partial charge on any atom is -0.483 e. The molecule has 1 N–H and O–H groups in total. The van der Waals surface area contributed by atoms with Gasteiger partial charge in [-0.1, -0.05) is 37.1 Å². The Morgan fingerprint density at radius 3 is 2.83 bits per heavy atom. The second-order valence-corrected chi connectivity index (χ2v) is 7.85. The summed E-state index contributed by atoms with van der Waals surface area (Å²) in [4.78, 5) is 34.0. The van der Waals surface area contributed by atoms with E-state index in [1.54, 1.807) is 41.3 Å². The molecule has 0 aliphatic rings. The molecule has 1 aromatic heterocycles. The first-order valence-electron chi connectivity index (χ1n) is 9.31. The van der Waals surface area contributed by atoms with E-state index in [2.05, 4.69) is 32.8 Å². The van der Waals surface area contributed by atoms with Gasteiger partial charge in [0.25, 0.3) is 11.5 Å². The summed E-state index contributed by atoms with van der Waals surface area (Å²) in [6.07, 6.45) is 1.78. The van der Waals surface area contributed by atoms with Crippen LogP contribution in [0.2, 0.25) is 5.02 Å². The van der Waals surface area contributed by atoms with Crippen LogP contribution in [0.1, 0.15) is 25.6 Å². The zero-order valence-electron chi connectivity index (χ0n) is 16.0. The number of nitrogens with one attached hydrogen (secondary N) is 1. The number of nitrogens with zero attached hydrogens (tertiary/aromatic N) is 2. The molecule has 0 saturated heterocycles. The summed E-state index contributed by atoms with van der Waals surface area (Å²) in [5.41, 5.74) is 0.394. The van der Waals surface area contributed by atoms with Crippen LogP contribution in [0, 0.1) is 0 Å². The number of aromatic amines is 1. The van der Waals surface area contributed by atoms with Crippen molar-refractivity contribution < 1.29 is 9.53 Å². The van der Waals surface area contributed by atoms with E-state index in [9.17, 15) is 9.59 Å². The predicted molar refractivity (Wildman–Crippen MR) is 117 cm³/mol. The molecule has 3 rings (SSSR count). The molecule has 0 spiro atoms. The van der Waals surface area contributed by atoms with Crippen molar-refractivity contribution in [3.63, 3.8) is 0 Å². The van der Waals surface area contributed by atoms with Crippen LogP contribution >= 0.6 is 27.5 Å². The van der Waals surface area contributed by atoms with Crippen LogP contribution in [0.5, 0.6) is 5.75 Å². The Bertz CT molecular complexity index is 1070. The Morgan fingerprint density at radius 1 is 1.28 bits per heavy atom. The molecule has 1 heterocycles. The Labute approximate surface area is 182 Å². The summed E-state index contributed by atoms with van der Waals surface area (Å²) in [5, 5.41) is 1.10. The van der Waals surface area contributed by atoms with Crippen molar-refractivity contribution in [1.82, 2.24) is 14.9 Å². The van der Waals surface area contributed by atoms with Crippen LogP contribution in [-0.4, -0.2) is 33.9 Å². The molecule has 0 radical (unpaired) electrons. The number of ether oxygens (including phenoxy) is 1. The number of rotatable bonds is 8. The number of H-pyrrole nitrogens is 1. The van der Waals surface area contributed by atoms with Crippen LogP contribution < -0.4 is 10.3 Å². The SMILES string of the molecule is CCCCN(Cc1nc2ccccc2c(=O)[nH]1)C(=O)COc1ccc(Cl)cc1Br. The summed E-state index contributed by atoms with van der Waals surface area (Å²) < 4.78 is 6.34. The first-order chi connectivity index (χ1) is 14.0. The molecule has 6 nitrogen and oxygen atoms in total. The predicted octanol–water partition coefficient (Wildman–Crippen LogP) is 4.55. The second-order valence-electron chi connectivity index (χ2n) is 6.56. The number of unbranched alkanes of at least 4 members (excludes halogenated alkanes) is 1. The molecule has 0 saturated carbocycles. The molecule has 1 amide bonds. The average molecular weight is 479 g/mol. The molecule has 0 aliphatic carbocycles. The highest BCUT2D eigenvalue weighted by molar-refractivity contribution is 9.10. The van der Waals surface area contributed by atoms with Gasteiger partial charge in [0.2, 0.25) is 0 Å². The number of hydrogen-bond acceptors (Lipinski definition) is 4. The number of fused-ring (bicyclic) bond motifs is 1. The highest BCUT2D eigenvalue weighted by Crippen LogP contribution is 2.28. The fourth-order valence-electron chi connectivity index (χ4n) is 2.85. The van der Waals surface area contributed by atoms with Crippen molar-refractivity contribution in [2.24, 2.45) is 0 Å². The number of carbonyl (C=O) groups is 1. The number of amides is 1. The van der Waals surface area contributed by atoms with Crippen molar-refractivity contribution in [2.45, 2.75) is 26.3 Å². The quantitative estimate of drug-likeness (QED) is 0.515. The molecule has 152 valence electrons. The zero-order chi connectivity index (χ0) is 20.8. The Kier molecular flexibility index (Phi) is 7.28. The minimum atomic E-state index is -0.213. The van der Waals surface area contributed by atoms with Gasteiger partial charge in [0.05, 0.1) is 21.9 Å². The molecule has 0 fully saturated rings. The third kappa shape index (κ3) is 5.58. The maximum Gasteiger partial charge on any atom is 0.260 e. The van der Waals surface area contributed by atoms with E-state index < -0.39 is 0 Å². The molecule has 29 heavy (non-hydrogen) atoms. The molecule has 0 aliphatic heterocycles. The Balaban J connectivity index is 1.75. The first kappa shape index (κ1) is 21.3. The Hall–Kier alpha value is -2.38. The van der Waals surface area contributed by atoms with Gasteiger partial charge in [-0.15, -0.1) is 0 Å². The maximum atomic E-state index is 12.8. The van der Waals surface area contributed by atoms with Crippen molar-refractivity contribution in [3.05, 3.63) is 68.1 Å². The number of carbonyl (C=O) groups excluding carboxylic acids is 1. The van der Waals surface area contributed by atoms with Crippen molar-refractivity contribution >= 4 is 44.3 Å². The number of para-hydroxylation sites is 1. The van der Waals surface area contributed by atoms with E-state index in [1.807, 2.05) is 6.07 Å². The van der Waals surface area contributed by atoms with Gasteiger partial charge in [-0.3, -0.25) is 9.59 Å². The molecule has 2 aromatic carbocycles. The van der Waals surface area contributed by atoms with Crippen LogP contribution in [0.3, 0.4) is 0 Å². The van der Waals surface area contributed by atoms with Crippen molar-refractivity contribution in [2.75, 3.05) is 13.2 Å². The van der Waals surface area contributed by atoms with E-state index in [-0.39, 0.29) is 24.6 Å². The highest BCUT2D eigenvalue weighted by atomic mass is 79.9. The van der Waals surface area contributed by atoms with Gasteiger partial charge in [-0.25, -0.2) is 4.98 Å². The summed E-state index contributed by atoms with van der Waals surface area (Å²) >= 11 is 9.31. The first-order valence-corrected chi connectivity index (χ1v) is 10.5. The minimum absolute atomic E-state index is 0.123.